The Kier molecular flexibility index (Phi) is 3.91. The van der Waals surface area contributed by atoms with E-state index in [1.165, 1.54) is 22.7 Å². The van der Waals surface area contributed by atoms with Gasteiger partial charge in [0, 0.05) is 12.6 Å². The van der Waals surface area contributed by atoms with Gasteiger partial charge >= 0.3 is 6.18 Å². The average Bonchev–Trinajstić information content (AvgIpc) is 2.76. The van der Waals surface area contributed by atoms with E-state index >= 15 is 0 Å². The number of thioether (sulfide) groups is 1. The summed E-state index contributed by atoms with van der Waals surface area (Å²) in [4.78, 5) is 9.27. The first-order chi connectivity index (χ1) is 8.41. The second-order valence-corrected chi connectivity index (χ2v) is 5.09. The summed E-state index contributed by atoms with van der Waals surface area (Å²) in [6.45, 7) is 0.339. The third kappa shape index (κ3) is 2.83. The van der Waals surface area contributed by atoms with Crippen molar-refractivity contribution in [2.75, 3.05) is 17.7 Å². The summed E-state index contributed by atoms with van der Waals surface area (Å²) in [7, 11) is 0. The standard InChI is InChI=1S/C10H11ClF3N3S/c1-18-9-15-7(11)5-8(16-9)17-4-2-3-6(17)10(12,13)14/h5-6H,2-4H2,1H3/t6-/m0/s1. The van der Waals surface area contributed by atoms with Crippen LogP contribution in [0.3, 0.4) is 0 Å². The second kappa shape index (κ2) is 5.13. The number of anilines is 1. The van der Waals surface area contributed by atoms with Crippen LogP contribution >= 0.6 is 23.4 Å². The summed E-state index contributed by atoms with van der Waals surface area (Å²) in [6.07, 6.45) is -1.89. The van der Waals surface area contributed by atoms with Gasteiger partial charge in [0.15, 0.2) is 5.16 Å². The molecule has 0 spiro atoms. The minimum atomic E-state index is -4.24. The number of aromatic nitrogens is 2. The van der Waals surface area contributed by atoms with Crippen molar-refractivity contribution in [1.82, 2.24) is 9.97 Å². The van der Waals surface area contributed by atoms with Gasteiger partial charge in [-0.05, 0) is 19.1 Å². The van der Waals surface area contributed by atoms with Gasteiger partial charge in [0.05, 0.1) is 0 Å². The maximum absolute atomic E-state index is 12.9. The number of halogens is 4. The van der Waals surface area contributed by atoms with Crippen LogP contribution in [0.4, 0.5) is 19.0 Å². The zero-order valence-electron chi connectivity index (χ0n) is 9.54. The molecule has 8 heteroatoms. The molecule has 0 unspecified atom stereocenters. The molecule has 0 amide bonds. The molecule has 0 N–H and O–H groups in total. The first-order valence-corrected chi connectivity index (χ1v) is 6.94. The molecular formula is C10H11ClF3N3S. The van der Waals surface area contributed by atoms with Crippen molar-refractivity contribution < 1.29 is 13.2 Å². The Morgan fingerprint density at radius 1 is 1.44 bits per heavy atom. The smallest absolute Gasteiger partial charge is 0.344 e. The fourth-order valence-electron chi connectivity index (χ4n) is 2.01. The number of hydrogen-bond acceptors (Lipinski definition) is 4. The van der Waals surface area contributed by atoms with E-state index in [4.69, 9.17) is 11.6 Å². The van der Waals surface area contributed by atoms with Crippen LogP contribution in [0, 0.1) is 0 Å². The van der Waals surface area contributed by atoms with Crippen molar-refractivity contribution in [3.63, 3.8) is 0 Å². The molecule has 0 bridgehead atoms. The Balaban J connectivity index is 2.33. The maximum Gasteiger partial charge on any atom is 0.408 e. The Bertz CT molecular complexity index is 441. The van der Waals surface area contributed by atoms with E-state index in [0.717, 1.165) is 0 Å². The lowest BCUT2D eigenvalue weighted by Gasteiger charge is -2.27. The van der Waals surface area contributed by atoms with E-state index in [9.17, 15) is 13.2 Å². The van der Waals surface area contributed by atoms with Gasteiger partial charge in [0.2, 0.25) is 0 Å². The Hall–Kier alpha value is -0.690. The highest BCUT2D eigenvalue weighted by atomic mass is 35.5. The molecule has 2 rings (SSSR count). The van der Waals surface area contributed by atoms with Crippen LogP contribution in [0.2, 0.25) is 5.15 Å². The van der Waals surface area contributed by atoms with Crippen molar-refractivity contribution in [1.29, 1.82) is 0 Å². The molecule has 1 saturated heterocycles. The molecular weight excluding hydrogens is 287 g/mol. The third-order valence-electron chi connectivity index (χ3n) is 2.77. The third-order valence-corrected chi connectivity index (χ3v) is 3.51. The SMILES string of the molecule is CSc1nc(Cl)cc(N2CCC[C@H]2C(F)(F)F)n1. The molecule has 2 heterocycles. The van der Waals surface area contributed by atoms with E-state index in [1.54, 1.807) is 6.26 Å². The van der Waals surface area contributed by atoms with Crippen molar-refractivity contribution in [3.05, 3.63) is 11.2 Å². The summed E-state index contributed by atoms with van der Waals surface area (Å²) in [5.74, 6) is 0.249. The fourth-order valence-corrected chi connectivity index (χ4v) is 2.61. The minimum Gasteiger partial charge on any atom is -0.344 e. The van der Waals surface area contributed by atoms with E-state index in [1.807, 2.05) is 0 Å². The van der Waals surface area contributed by atoms with Crippen LogP contribution < -0.4 is 4.90 Å². The van der Waals surface area contributed by atoms with Gasteiger partial charge in [-0.1, -0.05) is 23.4 Å². The molecule has 0 aliphatic carbocycles. The predicted octanol–water partition coefficient (Wildman–Crippen LogP) is 3.38. The molecule has 1 fully saturated rings. The number of hydrogen-bond donors (Lipinski definition) is 0. The Morgan fingerprint density at radius 3 is 2.78 bits per heavy atom. The zero-order chi connectivity index (χ0) is 13.3. The first-order valence-electron chi connectivity index (χ1n) is 5.34. The molecule has 3 nitrogen and oxygen atoms in total. The van der Waals surface area contributed by atoms with Gasteiger partial charge in [0.25, 0.3) is 0 Å². The van der Waals surface area contributed by atoms with E-state index in [2.05, 4.69) is 9.97 Å². The zero-order valence-corrected chi connectivity index (χ0v) is 11.1. The molecule has 0 saturated carbocycles. The lowest BCUT2D eigenvalue weighted by Crippen LogP contribution is -2.41. The first kappa shape index (κ1) is 13.7. The lowest BCUT2D eigenvalue weighted by molar-refractivity contribution is -0.146. The van der Waals surface area contributed by atoms with Gasteiger partial charge in [-0.2, -0.15) is 13.2 Å². The predicted molar refractivity (Wildman–Crippen MR) is 65.2 cm³/mol. The van der Waals surface area contributed by atoms with Crippen molar-refractivity contribution in [2.45, 2.75) is 30.2 Å². The highest BCUT2D eigenvalue weighted by Gasteiger charge is 2.46. The molecule has 0 radical (unpaired) electrons. The van der Waals surface area contributed by atoms with E-state index < -0.39 is 12.2 Å². The van der Waals surface area contributed by atoms with Crippen LogP contribution in [-0.4, -0.2) is 35.0 Å². The molecule has 1 aromatic rings. The minimum absolute atomic E-state index is 0.0969. The Morgan fingerprint density at radius 2 is 2.17 bits per heavy atom. The normalized spacial score (nSPS) is 20.5. The van der Waals surface area contributed by atoms with Gasteiger partial charge in [-0.3, -0.25) is 0 Å². The van der Waals surface area contributed by atoms with Crippen molar-refractivity contribution >= 4 is 29.2 Å². The van der Waals surface area contributed by atoms with Crippen LogP contribution in [0.5, 0.6) is 0 Å². The number of nitrogens with zero attached hydrogens (tertiary/aromatic N) is 3. The Labute approximate surface area is 112 Å². The molecule has 1 aromatic heterocycles. The van der Waals surface area contributed by atoms with Gasteiger partial charge < -0.3 is 4.90 Å². The lowest BCUT2D eigenvalue weighted by atomic mass is 10.2. The van der Waals surface area contributed by atoms with Crippen LogP contribution in [-0.2, 0) is 0 Å². The summed E-state index contributed by atoms with van der Waals surface area (Å²) in [5, 5.41) is 0.544. The van der Waals surface area contributed by atoms with Crippen molar-refractivity contribution in [3.8, 4) is 0 Å². The van der Waals surface area contributed by atoms with Crippen LogP contribution in [0.25, 0.3) is 0 Å². The highest BCUT2D eigenvalue weighted by Crippen LogP contribution is 2.36. The van der Waals surface area contributed by atoms with Crippen LogP contribution in [0.1, 0.15) is 12.8 Å². The molecule has 1 aliphatic rings. The molecule has 1 aliphatic heterocycles. The van der Waals surface area contributed by atoms with Crippen molar-refractivity contribution in [2.24, 2.45) is 0 Å². The monoisotopic (exact) mass is 297 g/mol. The van der Waals surface area contributed by atoms with E-state index in [-0.39, 0.29) is 17.4 Å². The summed E-state index contributed by atoms with van der Waals surface area (Å²) in [5.41, 5.74) is 0. The summed E-state index contributed by atoms with van der Waals surface area (Å²) in [6, 6.07) is -0.0936. The quantitative estimate of drug-likeness (QED) is 0.475. The molecule has 100 valence electrons. The molecule has 0 aromatic carbocycles. The van der Waals surface area contributed by atoms with Crippen LogP contribution in [0.15, 0.2) is 11.2 Å². The second-order valence-electron chi connectivity index (χ2n) is 3.93. The largest absolute Gasteiger partial charge is 0.408 e. The summed E-state index contributed by atoms with van der Waals surface area (Å²) >= 11 is 7.05. The topological polar surface area (TPSA) is 29.0 Å². The number of rotatable bonds is 2. The van der Waals surface area contributed by atoms with Gasteiger partial charge in [-0.25, -0.2) is 9.97 Å². The molecule has 1 atom stereocenters. The maximum atomic E-state index is 12.9. The van der Waals surface area contributed by atoms with E-state index in [0.29, 0.717) is 18.1 Å². The number of alkyl halides is 3. The average molecular weight is 298 g/mol. The van der Waals surface area contributed by atoms with Gasteiger partial charge in [-0.15, -0.1) is 0 Å². The fraction of sp³-hybridized carbons (Fsp3) is 0.600. The van der Waals surface area contributed by atoms with Gasteiger partial charge in [0.1, 0.15) is 17.0 Å². The highest BCUT2D eigenvalue weighted by molar-refractivity contribution is 7.98. The summed E-state index contributed by atoms with van der Waals surface area (Å²) < 4.78 is 38.6. The molecule has 18 heavy (non-hydrogen) atoms.